The van der Waals surface area contributed by atoms with Crippen molar-refractivity contribution in [1.29, 1.82) is 0 Å². The average Bonchev–Trinajstić information content (AvgIpc) is 2.79. The fraction of sp³-hybridized carbons (Fsp3) is 0.0588. The lowest BCUT2D eigenvalue weighted by atomic mass is 10.2. The summed E-state index contributed by atoms with van der Waals surface area (Å²) in [5.41, 5.74) is 2.03. The van der Waals surface area contributed by atoms with Crippen LogP contribution in [0.25, 0.3) is 6.08 Å². The zero-order valence-corrected chi connectivity index (χ0v) is 15.1. The molecule has 0 spiro atoms. The van der Waals surface area contributed by atoms with E-state index in [9.17, 15) is 9.59 Å². The summed E-state index contributed by atoms with van der Waals surface area (Å²) < 4.78 is 1.91. The molecule has 0 bridgehead atoms. The van der Waals surface area contributed by atoms with Crippen LogP contribution in [-0.2, 0) is 11.3 Å². The van der Waals surface area contributed by atoms with Crippen LogP contribution in [0, 0.1) is 0 Å². The first-order valence-electron chi connectivity index (χ1n) is 6.87. The molecule has 2 aromatic rings. The number of nitrogens with zero attached hydrogens (tertiary/aromatic N) is 1. The molecule has 6 heteroatoms. The molecule has 1 heterocycles. The number of amides is 3. The fourth-order valence-corrected chi connectivity index (χ4v) is 2.74. The van der Waals surface area contributed by atoms with Gasteiger partial charge in [-0.15, -0.1) is 0 Å². The predicted octanol–water partition coefficient (Wildman–Crippen LogP) is 4.30. The number of rotatable bonds is 3. The molecule has 116 valence electrons. The highest BCUT2D eigenvalue weighted by atomic mass is 79.9. The molecule has 1 fully saturated rings. The van der Waals surface area contributed by atoms with E-state index in [0.29, 0.717) is 0 Å². The van der Waals surface area contributed by atoms with E-state index in [4.69, 9.17) is 0 Å². The smallest absolute Gasteiger partial charge is 0.303 e. The van der Waals surface area contributed by atoms with Crippen LogP contribution >= 0.6 is 31.9 Å². The van der Waals surface area contributed by atoms with E-state index in [1.165, 1.54) is 4.90 Å². The average molecular weight is 436 g/mol. The van der Waals surface area contributed by atoms with Gasteiger partial charge >= 0.3 is 6.03 Å². The molecule has 1 aliphatic rings. The minimum atomic E-state index is -0.402. The molecule has 0 atom stereocenters. The number of imide groups is 1. The quantitative estimate of drug-likeness (QED) is 0.577. The summed E-state index contributed by atoms with van der Waals surface area (Å²) in [7, 11) is 0. The summed E-state index contributed by atoms with van der Waals surface area (Å²) in [6.45, 7) is 0.246. The topological polar surface area (TPSA) is 49.4 Å². The molecule has 1 saturated heterocycles. The Labute approximate surface area is 150 Å². The van der Waals surface area contributed by atoms with Crippen molar-refractivity contribution < 1.29 is 9.59 Å². The van der Waals surface area contributed by atoms with Gasteiger partial charge in [0.2, 0.25) is 0 Å². The zero-order valence-electron chi connectivity index (χ0n) is 11.9. The molecule has 0 aromatic heterocycles. The summed E-state index contributed by atoms with van der Waals surface area (Å²) in [4.78, 5) is 25.7. The molecule has 0 aliphatic carbocycles. The van der Waals surface area contributed by atoms with E-state index < -0.39 is 6.03 Å². The molecular formula is C17H12Br2N2O2. The van der Waals surface area contributed by atoms with Crippen LogP contribution in [-0.4, -0.2) is 16.8 Å². The van der Waals surface area contributed by atoms with E-state index in [-0.39, 0.29) is 18.1 Å². The van der Waals surface area contributed by atoms with Gasteiger partial charge in [0.15, 0.2) is 0 Å². The molecule has 23 heavy (non-hydrogen) atoms. The molecule has 0 radical (unpaired) electrons. The Morgan fingerprint density at radius 2 is 1.48 bits per heavy atom. The third-order valence-electron chi connectivity index (χ3n) is 3.40. The lowest BCUT2D eigenvalue weighted by molar-refractivity contribution is -0.123. The number of hydrogen-bond donors (Lipinski definition) is 1. The van der Waals surface area contributed by atoms with E-state index in [0.717, 1.165) is 20.1 Å². The van der Waals surface area contributed by atoms with Crippen LogP contribution < -0.4 is 5.32 Å². The second-order valence-corrected chi connectivity index (χ2v) is 6.89. The Hall–Kier alpha value is -1.92. The van der Waals surface area contributed by atoms with Gasteiger partial charge in [0.1, 0.15) is 5.70 Å². The third-order valence-corrected chi connectivity index (χ3v) is 4.45. The number of carbonyl (C=O) groups is 2. The highest BCUT2D eigenvalue weighted by Gasteiger charge is 2.33. The third kappa shape index (κ3) is 3.71. The molecule has 3 rings (SSSR count). The number of carbonyl (C=O) groups excluding carboxylic acids is 2. The van der Waals surface area contributed by atoms with Gasteiger partial charge in [-0.05, 0) is 41.5 Å². The molecule has 3 amide bonds. The largest absolute Gasteiger partial charge is 0.329 e. The standard InChI is InChI=1S/C17H12Br2N2O2/c18-13-5-1-11(2-6-13)9-15-16(22)21(17(23)20-15)10-12-3-7-14(19)8-4-12/h1-9H,10H2,(H,20,23). The van der Waals surface area contributed by atoms with Crippen LogP contribution in [0.2, 0.25) is 0 Å². The Morgan fingerprint density at radius 3 is 2.09 bits per heavy atom. The normalized spacial score (nSPS) is 16.1. The maximum absolute atomic E-state index is 12.4. The maximum atomic E-state index is 12.4. The number of nitrogens with one attached hydrogen (secondary N) is 1. The van der Waals surface area contributed by atoms with Crippen molar-refractivity contribution in [2.45, 2.75) is 6.54 Å². The Morgan fingerprint density at radius 1 is 0.913 bits per heavy atom. The van der Waals surface area contributed by atoms with Crippen LogP contribution in [0.1, 0.15) is 11.1 Å². The Balaban J connectivity index is 1.79. The molecule has 1 aliphatic heterocycles. The second-order valence-electron chi connectivity index (χ2n) is 5.06. The molecule has 0 saturated carbocycles. The van der Waals surface area contributed by atoms with E-state index in [1.807, 2.05) is 48.5 Å². The SMILES string of the molecule is O=C1NC(=Cc2ccc(Br)cc2)C(=O)N1Cc1ccc(Br)cc1. The van der Waals surface area contributed by atoms with Crippen molar-refractivity contribution in [3.63, 3.8) is 0 Å². The molecule has 0 unspecified atom stereocenters. The lowest BCUT2D eigenvalue weighted by Gasteiger charge is -2.11. The maximum Gasteiger partial charge on any atom is 0.329 e. The first-order valence-corrected chi connectivity index (χ1v) is 8.46. The molecule has 4 nitrogen and oxygen atoms in total. The number of hydrogen-bond acceptors (Lipinski definition) is 2. The zero-order chi connectivity index (χ0) is 16.4. The van der Waals surface area contributed by atoms with Crippen molar-refractivity contribution >= 4 is 49.9 Å². The number of benzene rings is 2. The highest BCUT2D eigenvalue weighted by molar-refractivity contribution is 9.10. The van der Waals surface area contributed by atoms with Gasteiger partial charge in [0.25, 0.3) is 5.91 Å². The van der Waals surface area contributed by atoms with Crippen molar-refractivity contribution in [3.8, 4) is 0 Å². The summed E-state index contributed by atoms with van der Waals surface area (Å²) in [5.74, 6) is -0.319. The predicted molar refractivity (Wildman–Crippen MR) is 95.3 cm³/mol. The van der Waals surface area contributed by atoms with Crippen molar-refractivity contribution in [2.24, 2.45) is 0 Å². The minimum absolute atomic E-state index is 0.246. The number of halogens is 2. The Bertz CT molecular complexity index is 783. The minimum Gasteiger partial charge on any atom is -0.303 e. The van der Waals surface area contributed by atoms with Crippen LogP contribution in [0.3, 0.4) is 0 Å². The van der Waals surface area contributed by atoms with Crippen molar-refractivity contribution in [2.75, 3.05) is 0 Å². The van der Waals surface area contributed by atoms with Gasteiger partial charge in [0.05, 0.1) is 6.54 Å². The second kappa shape index (κ2) is 6.68. The molecular weight excluding hydrogens is 424 g/mol. The van der Waals surface area contributed by atoms with Gasteiger partial charge in [-0.1, -0.05) is 56.1 Å². The van der Waals surface area contributed by atoms with Gasteiger partial charge < -0.3 is 5.32 Å². The molecule has 1 N–H and O–H groups in total. The fourth-order valence-electron chi connectivity index (χ4n) is 2.21. The van der Waals surface area contributed by atoms with Gasteiger partial charge in [-0.25, -0.2) is 4.79 Å². The molecule has 2 aromatic carbocycles. The van der Waals surface area contributed by atoms with Gasteiger partial charge in [-0.2, -0.15) is 0 Å². The lowest BCUT2D eigenvalue weighted by Crippen LogP contribution is -2.30. The van der Waals surface area contributed by atoms with Crippen LogP contribution in [0.4, 0.5) is 4.79 Å². The summed E-state index contributed by atoms with van der Waals surface area (Å²) >= 11 is 6.72. The summed E-state index contributed by atoms with van der Waals surface area (Å²) in [6, 6.07) is 14.6. The monoisotopic (exact) mass is 434 g/mol. The first kappa shape index (κ1) is 16.0. The Kier molecular flexibility index (Phi) is 4.63. The van der Waals surface area contributed by atoms with Crippen molar-refractivity contribution in [3.05, 3.63) is 74.3 Å². The number of urea groups is 1. The first-order chi connectivity index (χ1) is 11.0. The van der Waals surface area contributed by atoms with Gasteiger partial charge in [0, 0.05) is 8.95 Å². The van der Waals surface area contributed by atoms with Crippen LogP contribution in [0.5, 0.6) is 0 Å². The highest BCUT2D eigenvalue weighted by Crippen LogP contribution is 2.19. The van der Waals surface area contributed by atoms with Crippen molar-refractivity contribution in [1.82, 2.24) is 10.2 Å². The van der Waals surface area contributed by atoms with E-state index in [2.05, 4.69) is 37.2 Å². The van der Waals surface area contributed by atoms with E-state index >= 15 is 0 Å². The summed E-state index contributed by atoms with van der Waals surface area (Å²) in [5, 5.41) is 2.63. The van der Waals surface area contributed by atoms with Gasteiger partial charge in [-0.3, -0.25) is 9.69 Å². The van der Waals surface area contributed by atoms with Crippen LogP contribution in [0.15, 0.2) is 63.2 Å². The van der Waals surface area contributed by atoms with E-state index in [1.54, 1.807) is 6.08 Å². The summed E-state index contributed by atoms with van der Waals surface area (Å²) in [6.07, 6.45) is 1.67.